The maximum Gasteiger partial charge on any atom is 0.238 e. The average Bonchev–Trinajstić information content (AvgIpc) is 2.77. The van der Waals surface area contributed by atoms with Crippen LogP contribution in [0.1, 0.15) is 12.8 Å². The van der Waals surface area contributed by atoms with Crippen LogP contribution in [-0.2, 0) is 24.1 Å². The van der Waals surface area contributed by atoms with Gasteiger partial charge in [-0.3, -0.25) is 4.79 Å². The van der Waals surface area contributed by atoms with Crippen molar-refractivity contribution >= 4 is 15.7 Å². The number of morpholine rings is 1. The van der Waals surface area contributed by atoms with E-state index in [1.807, 2.05) is 0 Å². The molecule has 0 radical (unpaired) electrons. The van der Waals surface area contributed by atoms with E-state index in [1.165, 1.54) is 0 Å². The fourth-order valence-corrected chi connectivity index (χ4v) is 3.52. The maximum atomic E-state index is 12.1. The summed E-state index contributed by atoms with van der Waals surface area (Å²) in [5.41, 5.74) is 0. The first-order valence-corrected chi connectivity index (χ1v) is 8.79. The number of ether oxygens (including phenoxy) is 2. The Morgan fingerprint density at radius 3 is 2.90 bits per heavy atom. The molecule has 20 heavy (non-hydrogen) atoms. The zero-order chi connectivity index (χ0) is 14.8. The summed E-state index contributed by atoms with van der Waals surface area (Å²) in [6.07, 6.45) is 4.14. The summed E-state index contributed by atoms with van der Waals surface area (Å²) in [7, 11) is -3.31. The third-order valence-electron chi connectivity index (χ3n) is 3.67. The summed E-state index contributed by atoms with van der Waals surface area (Å²) in [4.78, 5) is 13.8. The molecule has 1 saturated heterocycles. The molecule has 0 aromatic heterocycles. The molecule has 2 rings (SSSR count). The highest BCUT2D eigenvalue weighted by atomic mass is 32.2. The molecule has 1 heterocycles. The van der Waals surface area contributed by atoms with Gasteiger partial charge >= 0.3 is 0 Å². The van der Waals surface area contributed by atoms with Crippen LogP contribution < -0.4 is 0 Å². The van der Waals surface area contributed by atoms with E-state index in [4.69, 9.17) is 9.47 Å². The molecule has 6 nitrogen and oxygen atoms in total. The van der Waals surface area contributed by atoms with Crippen molar-refractivity contribution in [1.29, 1.82) is 0 Å². The molecular weight excluding hydrogens is 282 g/mol. The summed E-state index contributed by atoms with van der Waals surface area (Å²) in [6, 6.07) is -0.0761. The minimum atomic E-state index is -3.31. The van der Waals surface area contributed by atoms with Gasteiger partial charge in [0, 0.05) is 12.8 Å². The maximum absolute atomic E-state index is 12.1. The second-order valence-electron chi connectivity index (χ2n) is 5.30. The quantitative estimate of drug-likeness (QED) is 0.668. The minimum absolute atomic E-state index is 0.0492. The molecule has 1 aliphatic heterocycles. The number of nitrogens with zero attached hydrogens (tertiary/aromatic N) is 1. The van der Waals surface area contributed by atoms with Crippen molar-refractivity contribution in [1.82, 2.24) is 4.90 Å². The van der Waals surface area contributed by atoms with Crippen molar-refractivity contribution in [3.63, 3.8) is 0 Å². The van der Waals surface area contributed by atoms with Crippen LogP contribution >= 0.6 is 0 Å². The predicted molar refractivity (Wildman–Crippen MR) is 74.1 cm³/mol. The first-order chi connectivity index (χ1) is 9.42. The summed E-state index contributed by atoms with van der Waals surface area (Å²) >= 11 is 0. The molecule has 1 saturated carbocycles. The fraction of sp³-hybridized carbons (Fsp3) is 0.769. The lowest BCUT2D eigenvalue weighted by Gasteiger charge is -2.39. The lowest BCUT2D eigenvalue weighted by Crippen LogP contribution is -2.55. The van der Waals surface area contributed by atoms with E-state index in [0.29, 0.717) is 19.8 Å². The number of hydrogen-bond donors (Lipinski definition) is 0. The van der Waals surface area contributed by atoms with Gasteiger partial charge in [0.05, 0.1) is 25.4 Å². The van der Waals surface area contributed by atoms with Crippen LogP contribution in [0.2, 0.25) is 0 Å². The van der Waals surface area contributed by atoms with Gasteiger partial charge in [-0.25, -0.2) is 8.42 Å². The second kappa shape index (κ2) is 6.24. The van der Waals surface area contributed by atoms with Crippen molar-refractivity contribution in [2.75, 3.05) is 31.8 Å². The van der Waals surface area contributed by atoms with Crippen LogP contribution in [0, 0.1) is 0 Å². The molecule has 0 unspecified atom stereocenters. The summed E-state index contributed by atoms with van der Waals surface area (Å²) in [5, 5.41) is 0. The largest absolute Gasteiger partial charge is 0.372 e. The number of fused-ring (bicyclic) bond motifs is 1. The number of rotatable bonds is 5. The topological polar surface area (TPSA) is 72.9 Å². The lowest BCUT2D eigenvalue weighted by atomic mass is 10.1. The van der Waals surface area contributed by atoms with Gasteiger partial charge in [0.15, 0.2) is 9.84 Å². The molecule has 0 N–H and O–H groups in total. The second-order valence-corrected chi connectivity index (χ2v) is 7.44. The molecule has 1 aliphatic carbocycles. The Morgan fingerprint density at radius 2 is 2.25 bits per heavy atom. The molecule has 114 valence electrons. The van der Waals surface area contributed by atoms with Crippen molar-refractivity contribution in [2.24, 2.45) is 0 Å². The van der Waals surface area contributed by atoms with E-state index < -0.39 is 15.6 Å². The first kappa shape index (κ1) is 15.5. The smallest absolute Gasteiger partial charge is 0.238 e. The Hall–Kier alpha value is -0.920. The van der Waals surface area contributed by atoms with Gasteiger partial charge in [0.1, 0.15) is 11.9 Å². The molecule has 0 aromatic rings. The van der Waals surface area contributed by atoms with Crippen LogP contribution in [0.5, 0.6) is 0 Å². The van der Waals surface area contributed by atoms with E-state index in [1.54, 1.807) is 11.0 Å². The molecule has 7 heteroatoms. The van der Waals surface area contributed by atoms with E-state index in [-0.39, 0.29) is 24.2 Å². The third kappa shape index (κ3) is 3.59. The van der Waals surface area contributed by atoms with Gasteiger partial charge < -0.3 is 14.4 Å². The van der Waals surface area contributed by atoms with Gasteiger partial charge in [-0.1, -0.05) is 6.08 Å². The fourth-order valence-electron chi connectivity index (χ4n) is 2.90. The number of hydrogen-bond acceptors (Lipinski definition) is 5. The average molecular weight is 303 g/mol. The first-order valence-electron chi connectivity index (χ1n) is 6.73. The van der Waals surface area contributed by atoms with Crippen molar-refractivity contribution < 1.29 is 22.7 Å². The van der Waals surface area contributed by atoms with E-state index in [9.17, 15) is 13.2 Å². The monoisotopic (exact) mass is 303 g/mol. The Kier molecular flexibility index (Phi) is 4.82. The molecule has 0 bridgehead atoms. The van der Waals surface area contributed by atoms with Crippen LogP contribution in [-0.4, -0.2) is 69.2 Å². The highest BCUT2D eigenvalue weighted by molar-refractivity contribution is 7.91. The SMILES string of the molecule is C=CCO[C@@H]1CC[C@H]2[C@H]1OCCN2C(=O)CS(C)(=O)=O. The Morgan fingerprint density at radius 1 is 1.50 bits per heavy atom. The molecule has 0 aromatic carbocycles. The third-order valence-corrected chi connectivity index (χ3v) is 4.44. The minimum Gasteiger partial charge on any atom is -0.372 e. The molecule has 2 aliphatic rings. The predicted octanol–water partition coefficient (Wildman–Crippen LogP) is -0.00800. The highest BCUT2D eigenvalue weighted by Gasteiger charge is 2.45. The van der Waals surface area contributed by atoms with E-state index in [2.05, 4.69) is 6.58 Å². The van der Waals surface area contributed by atoms with Gasteiger partial charge in [-0.05, 0) is 12.8 Å². The molecule has 1 amide bonds. The lowest BCUT2D eigenvalue weighted by molar-refractivity contribution is -0.148. The Bertz CT molecular complexity index is 475. The number of carbonyl (C=O) groups is 1. The normalized spacial score (nSPS) is 30.1. The van der Waals surface area contributed by atoms with Crippen molar-refractivity contribution in [2.45, 2.75) is 31.1 Å². The van der Waals surface area contributed by atoms with E-state index >= 15 is 0 Å². The van der Waals surface area contributed by atoms with Crippen molar-refractivity contribution in [3.05, 3.63) is 12.7 Å². The number of amides is 1. The number of carbonyl (C=O) groups excluding carboxylic acids is 1. The zero-order valence-electron chi connectivity index (χ0n) is 11.7. The summed E-state index contributed by atoms with van der Waals surface area (Å²) in [5.74, 6) is -0.774. The van der Waals surface area contributed by atoms with Crippen LogP contribution in [0.25, 0.3) is 0 Å². The van der Waals surface area contributed by atoms with Gasteiger partial charge in [0.2, 0.25) is 5.91 Å². The molecule has 2 fully saturated rings. The van der Waals surface area contributed by atoms with Gasteiger partial charge in [-0.2, -0.15) is 0 Å². The van der Waals surface area contributed by atoms with Crippen LogP contribution in [0.4, 0.5) is 0 Å². The molecular formula is C13H21NO5S. The van der Waals surface area contributed by atoms with Crippen molar-refractivity contribution in [3.8, 4) is 0 Å². The summed E-state index contributed by atoms with van der Waals surface area (Å²) in [6.45, 7) is 4.93. The van der Waals surface area contributed by atoms with E-state index in [0.717, 1.165) is 19.1 Å². The Balaban J connectivity index is 2.02. The number of sulfone groups is 1. The van der Waals surface area contributed by atoms with Gasteiger partial charge in [0.25, 0.3) is 0 Å². The summed E-state index contributed by atoms with van der Waals surface area (Å²) < 4.78 is 33.9. The standard InChI is InChI=1S/C13H21NO5S/c1-3-7-18-11-5-4-10-13(11)19-8-6-14(10)12(15)9-20(2,16)17/h3,10-11,13H,1,4-9H2,2H3/t10-,11+,13+/m0/s1. The molecule has 0 spiro atoms. The van der Waals surface area contributed by atoms with Crippen LogP contribution in [0.15, 0.2) is 12.7 Å². The van der Waals surface area contributed by atoms with Gasteiger partial charge in [-0.15, -0.1) is 6.58 Å². The highest BCUT2D eigenvalue weighted by Crippen LogP contribution is 2.32. The Labute approximate surface area is 119 Å². The molecule has 3 atom stereocenters. The van der Waals surface area contributed by atoms with Crippen LogP contribution in [0.3, 0.4) is 0 Å². The zero-order valence-corrected chi connectivity index (χ0v) is 12.5.